The highest BCUT2D eigenvalue weighted by Crippen LogP contribution is 2.30. The van der Waals surface area contributed by atoms with Gasteiger partial charge in [0, 0.05) is 67.5 Å². The predicted octanol–water partition coefficient (Wildman–Crippen LogP) is 4.83. The Morgan fingerprint density at radius 3 is 2.69 bits per heavy atom. The molecule has 0 atom stereocenters. The molecule has 0 unspecified atom stereocenters. The third-order valence-electron chi connectivity index (χ3n) is 7.59. The van der Waals surface area contributed by atoms with E-state index in [4.69, 9.17) is 15.5 Å². The minimum Gasteiger partial charge on any atom is -0.379 e. The lowest BCUT2D eigenvalue weighted by molar-refractivity contribution is 0.0365. The fraction of sp³-hybridized carbons (Fsp3) is 0.500. The van der Waals surface area contributed by atoms with Crippen LogP contribution >= 0.6 is 0 Å². The quantitative estimate of drug-likeness (QED) is 0.346. The number of hydrogen-bond donors (Lipinski definition) is 2. The highest BCUT2D eigenvalue weighted by molar-refractivity contribution is 5.94. The van der Waals surface area contributed by atoms with Gasteiger partial charge in [-0.3, -0.25) is 14.9 Å². The second kappa shape index (κ2) is 15.7. The van der Waals surface area contributed by atoms with Crippen molar-refractivity contribution in [1.82, 2.24) is 24.8 Å². The molecule has 4 heterocycles. The van der Waals surface area contributed by atoms with Crippen LogP contribution in [-0.2, 0) is 30.7 Å². The molecule has 0 spiro atoms. The van der Waals surface area contributed by atoms with Gasteiger partial charge in [0.2, 0.25) is 0 Å². The molecule has 0 saturated carbocycles. The number of aromatic nitrogens is 3. The van der Waals surface area contributed by atoms with Crippen LogP contribution in [0, 0.1) is 0 Å². The minimum absolute atomic E-state index is 0.745. The van der Waals surface area contributed by atoms with E-state index in [2.05, 4.69) is 57.6 Å². The SMILES string of the molecule is C=Cc1c(/C=C\C)n(CCN2CCOCC2)c2c(CNCCCCN)nccc12.c1cnc2c(c1)CCCC2. The molecule has 0 radical (unpaired) electrons. The molecule has 7 heteroatoms. The summed E-state index contributed by atoms with van der Waals surface area (Å²) in [4.78, 5) is 11.5. The van der Waals surface area contributed by atoms with Gasteiger partial charge in [-0.15, -0.1) is 0 Å². The zero-order valence-corrected chi connectivity index (χ0v) is 23.7. The molecule has 0 amide bonds. The first-order valence-electron chi connectivity index (χ1n) is 14.7. The van der Waals surface area contributed by atoms with E-state index in [1.807, 2.05) is 24.5 Å². The van der Waals surface area contributed by atoms with E-state index in [9.17, 15) is 0 Å². The van der Waals surface area contributed by atoms with E-state index < -0.39 is 0 Å². The number of morpholine rings is 1. The topological polar surface area (TPSA) is 81.2 Å². The number of pyridine rings is 2. The number of ether oxygens (including phenoxy) is 1. The number of nitrogens with two attached hydrogens (primary N) is 1. The number of unbranched alkanes of at least 4 members (excludes halogenated alkanes) is 1. The number of nitrogens with one attached hydrogen (secondary N) is 1. The van der Waals surface area contributed by atoms with Crippen molar-refractivity contribution < 1.29 is 4.74 Å². The maximum Gasteiger partial charge on any atom is 0.0784 e. The monoisotopic (exact) mass is 530 g/mol. The van der Waals surface area contributed by atoms with Gasteiger partial charge < -0.3 is 20.4 Å². The number of aryl methyl sites for hydroxylation is 2. The second-order valence-electron chi connectivity index (χ2n) is 10.3. The summed E-state index contributed by atoms with van der Waals surface area (Å²) in [6, 6.07) is 6.34. The van der Waals surface area contributed by atoms with Gasteiger partial charge >= 0.3 is 0 Å². The second-order valence-corrected chi connectivity index (χ2v) is 10.3. The number of fused-ring (bicyclic) bond motifs is 2. The summed E-state index contributed by atoms with van der Waals surface area (Å²) in [7, 11) is 0. The van der Waals surface area contributed by atoms with Crippen LogP contribution in [0.4, 0.5) is 0 Å². The summed E-state index contributed by atoms with van der Waals surface area (Å²) in [6.45, 7) is 14.2. The average molecular weight is 531 g/mol. The van der Waals surface area contributed by atoms with Crippen LogP contribution in [0.3, 0.4) is 0 Å². The van der Waals surface area contributed by atoms with Gasteiger partial charge in [0.1, 0.15) is 0 Å². The first kappa shape index (κ1) is 29.2. The Kier molecular flexibility index (Phi) is 11.7. The van der Waals surface area contributed by atoms with Gasteiger partial charge in [-0.1, -0.05) is 24.8 Å². The molecule has 1 fully saturated rings. The summed E-state index contributed by atoms with van der Waals surface area (Å²) in [5, 5.41) is 4.76. The molecule has 0 bridgehead atoms. The standard InChI is InChI=1S/C23H35N5O.C9H11N/c1-3-7-22-19(4-2)20-8-11-26-21(18-25-10-6-5-9-24)23(20)28(22)13-12-27-14-16-29-17-15-27;1-2-6-9-8(4-1)5-3-7-10-9/h3-4,7-8,11,25H,2,5-6,9-10,12-18,24H2,1H3;3,5,7H,1-2,4,6H2/b7-3-;. The lowest BCUT2D eigenvalue weighted by Crippen LogP contribution is -2.38. The van der Waals surface area contributed by atoms with Crippen LogP contribution in [-0.4, -0.2) is 65.4 Å². The van der Waals surface area contributed by atoms with Gasteiger partial charge in [-0.2, -0.15) is 0 Å². The Morgan fingerprint density at radius 2 is 1.92 bits per heavy atom. The third-order valence-corrected chi connectivity index (χ3v) is 7.59. The van der Waals surface area contributed by atoms with Crippen LogP contribution in [0.5, 0.6) is 0 Å². The fourth-order valence-electron chi connectivity index (χ4n) is 5.53. The molecule has 0 aromatic carbocycles. The highest BCUT2D eigenvalue weighted by atomic mass is 16.5. The molecule has 3 aromatic rings. The molecule has 1 saturated heterocycles. The normalized spacial score (nSPS) is 15.7. The summed E-state index contributed by atoms with van der Waals surface area (Å²) < 4.78 is 7.92. The van der Waals surface area contributed by atoms with E-state index in [0.29, 0.717) is 0 Å². The molecular weight excluding hydrogens is 484 g/mol. The van der Waals surface area contributed by atoms with Crippen molar-refractivity contribution in [3.05, 3.63) is 71.5 Å². The molecule has 7 nitrogen and oxygen atoms in total. The van der Waals surface area contributed by atoms with Gasteiger partial charge in [-0.05, 0) is 82.3 Å². The lowest BCUT2D eigenvalue weighted by Gasteiger charge is -2.27. The van der Waals surface area contributed by atoms with Crippen molar-refractivity contribution in [2.45, 2.75) is 58.5 Å². The van der Waals surface area contributed by atoms with E-state index in [-0.39, 0.29) is 0 Å². The smallest absolute Gasteiger partial charge is 0.0784 e. The summed E-state index contributed by atoms with van der Waals surface area (Å²) in [5.41, 5.74) is 13.1. The van der Waals surface area contributed by atoms with Crippen LogP contribution in [0.1, 0.15) is 60.8 Å². The molecule has 3 aromatic heterocycles. The van der Waals surface area contributed by atoms with Gasteiger partial charge in [0.25, 0.3) is 0 Å². The van der Waals surface area contributed by atoms with Gasteiger partial charge in [0.15, 0.2) is 0 Å². The van der Waals surface area contributed by atoms with Crippen molar-refractivity contribution >= 4 is 23.1 Å². The maximum atomic E-state index is 5.60. The zero-order chi connectivity index (χ0) is 27.3. The Balaban J connectivity index is 0.000000292. The molecule has 3 N–H and O–H groups in total. The number of allylic oxidation sites excluding steroid dienone is 1. The maximum absolute atomic E-state index is 5.60. The van der Waals surface area contributed by atoms with E-state index in [1.54, 1.807) is 0 Å². The Bertz CT molecular complexity index is 1190. The molecule has 1 aliphatic carbocycles. The van der Waals surface area contributed by atoms with Crippen LogP contribution in [0.2, 0.25) is 0 Å². The number of hydrogen-bond acceptors (Lipinski definition) is 6. The van der Waals surface area contributed by atoms with E-state index >= 15 is 0 Å². The lowest BCUT2D eigenvalue weighted by atomic mass is 9.96. The van der Waals surface area contributed by atoms with Gasteiger partial charge in [-0.25, -0.2) is 0 Å². The number of rotatable bonds is 11. The van der Waals surface area contributed by atoms with E-state index in [1.165, 1.54) is 59.1 Å². The molecule has 210 valence electrons. The Hall–Kier alpha value is -2.84. The van der Waals surface area contributed by atoms with Crippen molar-refractivity contribution in [2.75, 3.05) is 45.9 Å². The minimum atomic E-state index is 0.745. The third kappa shape index (κ3) is 7.85. The summed E-state index contributed by atoms with van der Waals surface area (Å²) in [6.07, 6.45) is 17.3. The number of nitrogens with zero attached hydrogens (tertiary/aromatic N) is 4. The predicted molar refractivity (Wildman–Crippen MR) is 163 cm³/mol. The van der Waals surface area contributed by atoms with Crippen molar-refractivity contribution in [3.63, 3.8) is 0 Å². The fourth-order valence-corrected chi connectivity index (χ4v) is 5.53. The molecule has 39 heavy (non-hydrogen) atoms. The van der Waals surface area contributed by atoms with Crippen molar-refractivity contribution in [2.24, 2.45) is 5.73 Å². The molecule has 1 aliphatic heterocycles. The average Bonchev–Trinajstić information content (AvgIpc) is 3.29. The van der Waals surface area contributed by atoms with E-state index in [0.717, 1.165) is 77.6 Å². The Morgan fingerprint density at radius 1 is 1.08 bits per heavy atom. The zero-order valence-electron chi connectivity index (χ0n) is 23.7. The van der Waals surface area contributed by atoms with Crippen LogP contribution in [0.15, 0.2) is 43.2 Å². The first-order chi connectivity index (χ1) is 19.3. The van der Waals surface area contributed by atoms with Crippen LogP contribution < -0.4 is 11.1 Å². The Labute approximate surface area is 234 Å². The van der Waals surface area contributed by atoms with Crippen molar-refractivity contribution in [3.8, 4) is 0 Å². The first-order valence-corrected chi connectivity index (χ1v) is 14.7. The van der Waals surface area contributed by atoms with Crippen LogP contribution in [0.25, 0.3) is 23.1 Å². The molecule has 2 aliphatic rings. The highest BCUT2D eigenvalue weighted by Gasteiger charge is 2.18. The largest absolute Gasteiger partial charge is 0.379 e. The summed E-state index contributed by atoms with van der Waals surface area (Å²) >= 11 is 0. The molecule has 5 rings (SSSR count). The van der Waals surface area contributed by atoms with Gasteiger partial charge in [0.05, 0.1) is 24.4 Å². The molecular formula is C32H46N6O. The van der Waals surface area contributed by atoms with Crippen molar-refractivity contribution in [1.29, 1.82) is 0 Å². The summed E-state index contributed by atoms with van der Waals surface area (Å²) in [5.74, 6) is 0.